The molecule has 0 radical (unpaired) electrons. The number of hydrogen-bond donors (Lipinski definition) is 2. The number of amides is 1. The molecule has 92 valence electrons. The molecule has 6 heteroatoms. The molecule has 0 aliphatic heterocycles. The van der Waals surface area contributed by atoms with Crippen molar-refractivity contribution in [2.75, 3.05) is 13.2 Å². The zero-order valence-corrected chi connectivity index (χ0v) is 11.4. The van der Waals surface area contributed by atoms with Gasteiger partial charge in [-0.2, -0.15) is 0 Å². The topological polar surface area (TPSA) is 75.6 Å². The number of benzene rings is 1. The second-order valence-corrected chi connectivity index (χ2v) is 4.44. The lowest BCUT2D eigenvalue weighted by Gasteiger charge is -2.09. The number of rotatable bonds is 5. The highest BCUT2D eigenvalue weighted by Gasteiger charge is 2.07. The van der Waals surface area contributed by atoms with E-state index < -0.39 is 5.97 Å². The molecule has 0 saturated heterocycles. The number of aromatic carboxylic acids is 1. The predicted octanol–water partition coefficient (Wildman–Crippen LogP) is 1.50. The third-order valence-corrected chi connectivity index (χ3v) is 2.80. The molecule has 1 amide bonds. The van der Waals surface area contributed by atoms with Gasteiger partial charge in [-0.15, -0.1) is 0 Å². The summed E-state index contributed by atoms with van der Waals surface area (Å²) in [5.41, 5.74) is 0.181. The van der Waals surface area contributed by atoms with E-state index in [0.29, 0.717) is 18.9 Å². The zero-order valence-electron chi connectivity index (χ0n) is 9.20. The van der Waals surface area contributed by atoms with Crippen molar-refractivity contribution < 1.29 is 19.4 Å². The fourth-order valence-corrected chi connectivity index (χ4v) is 1.63. The van der Waals surface area contributed by atoms with Gasteiger partial charge in [-0.3, -0.25) is 4.79 Å². The SMILES string of the molecule is CC(=O)NCCOc1cc(C(=O)O)ccc1I. The van der Waals surface area contributed by atoms with Gasteiger partial charge in [-0.05, 0) is 40.8 Å². The van der Waals surface area contributed by atoms with Gasteiger partial charge in [0.2, 0.25) is 5.91 Å². The van der Waals surface area contributed by atoms with Crippen LogP contribution in [-0.4, -0.2) is 30.1 Å². The molecule has 17 heavy (non-hydrogen) atoms. The normalized spacial score (nSPS) is 9.76. The maximum Gasteiger partial charge on any atom is 0.335 e. The van der Waals surface area contributed by atoms with Crippen LogP contribution in [0.4, 0.5) is 0 Å². The smallest absolute Gasteiger partial charge is 0.335 e. The molecule has 0 atom stereocenters. The van der Waals surface area contributed by atoms with E-state index >= 15 is 0 Å². The summed E-state index contributed by atoms with van der Waals surface area (Å²) >= 11 is 2.06. The Morgan fingerprint density at radius 3 is 2.76 bits per heavy atom. The molecule has 0 heterocycles. The van der Waals surface area contributed by atoms with Gasteiger partial charge < -0.3 is 15.2 Å². The molecule has 0 spiro atoms. The third-order valence-electron chi connectivity index (χ3n) is 1.91. The highest BCUT2D eigenvalue weighted by molar-refractivity contribution is 14.1. The van der Waals surface area contributed by atoms with Gasteiger partial charge in [-0.1, -0.05) is 0 Å². The van der Waals surface area contributed by atoms with E-state index in [4.69, 9.17) is 9.84 Å². The van der Waals surface area contributed by atoms with Gasteiger partial charge in [0.25, 0.3) is 0 Å². The number of carbonyl (C=O) groups excluding carboxylic acids is 1. The van der Waals surface area contributed by atoms with Crippen molar-refractivity contribution >= 4 is 34.5 Å². The fraction of sp³-hybridized carbons (Fsp3) is 0.273. The van der Waals surface area contributed by atoms with Crippen LogP contribution in [0.15, 0.2) is 18.2 Å². The molecule has 0 unspecified atom stereocenters. The lowest BCUT2D eigenvalue weighted by atomic mass is 10.2. The van der Waals surface area contributed by atoms with Crippen molar-refractivity contribution in [1.82, 2.24) is 5.32 Å². The van der Waals surface area contributed by atoms with Crippen LogP contribution < -0.4 is 10.1 Å². The third kappa shape index (κ3) is 4.59. The quantitative estimate of drug-likeness (QED) is 0.624. The Balaban J connectivity index is 2.60. The zero-order chi connectivity index (χ0) is 12.8. The summed E-state index contributed by atoms with van der Waals surface area (Å²) < 4.78 is 6.22. The first kappa shape index (κ1) is 13.8. The van der Waals surface area contributed by atoms with E-state index in [1.165, 1.54) is 19.1 Å². The minimum Gasteiger partial charge on any atom is -0.491 e. The molecular weight excluding hydrogens is 337 g/mol. The van der Waals surface area contributed by atoms with Crippen molar-refractivity contribution in [1.29, 1.82) is 0 Å². The molecule has 1 rings (SSSR count). The number of carboxylic acid groups (broad SMARTS) is 1. The second-order valence-electron chi connectivity index (χ2n) is 3.28. The molecule has 0 aliphatic carbocycles. The standard InChI is InChI=1S/C11H12INO4/c1-7(14)13-4-5-17-10-6-8(11(15)16)2-3-9(10)12/h2-3,6H,4-5H2,1H3,(H,13,14)(H,15,16). The average Bonchev–Trinajstić information content (AvgIpc) is 2.25. The molecule has 0 saturated carbocycles. The Kier molecular flexibility index (Phi) is 5.20. The Morgan fingerprint density at radius 1 is 1.47 bits per heavy atom. The molecule has 1 aromatic carbocycles. The van der Waals surface area contributed by atoms with E-state index in [9.17, 15) is 9.59 Å². The van der Waals surface area contributed by atoms with Crippen LogP contribution in [-0.2, 0) is 4.79 Å². The molecule has 0 aliphatic rings. The summed E-state index contributed by atoms with van der Waals surface area (Å²) in [7, 11) is 0. The maximum absolute atomic E-state index is 10.8. The molecule has 1 aromatic rings. The van der Waals surface area contributed by atoms with Crippen molar-refractivity contribution in [2.24, 2.45) is 0 Å². The number of halogens is 1. The van der Waals surface area contributed by atoms with Crippen LogP contribution in [0.3, 0.4) is 0 Å². The highest BCUT2D eigenvalue weighted by Crippen LogP contribution is 2.22. The summed E-state index contributed by atoms with van der Waals surface area (Å²) in [6.07, 6.45) is 0. The van der Waals surface area contributed by atoms with Crippen LogP contribution >= 0.6 is 22.6 Å². The average molecular weight is 349 g/mol. The van der Waals surface area contributed by atoms with Crippen LogP contribution in [0.25, 0.3) is 0 Å². The Bertz CT molecular complexity index is 433. The monoisotopic (exact) mass is 349 g/mol. The van der Waals surface area contributed by atoms with Crippen LogP contribution in [0.5, 0.6) is 5.75 Å². The summed E-state index contributed by atoms with van der Waals surface area (Å²) in [6.45, 7) is 2.12. The highest BCUT2D eigenvalue weighted by atomic mass is 127. The molecule has 0 bridgehead atoms. The van der Waals surface area contributed by atoms with Crippen molar-refractivity contribution in [3.8, 4) is 5.75 Å². The number of carbonyl (C=O) groups is 2. The minimum absolute atomic E-state index is 0.123. The number of nitrogens with one attached hydrogen (secondary N) is 1. The number of carboxylic acids is 1. The van der Waals surface area contributed by atoms with E-state index in [2.05, 4.69) is 27.9 Å². The largest absolute Gasteiger partial charge is 0.491 e. The van der Waals surface area contributed by atoms with E-state index in [-0.39, 0.29) is 11.5 Å². The predicted molar refractivity (Wildman–Crippen MR) is 70.3 cm³/mol. The van der Waals surface area contributed by atoms with E-state index in [1.807, 2.05) is 0 Å². The van der Waals surface area contributed by atoms with Crippen LogP contribution in [0, 0.1) is 3.57 Å². The second kappa shape index (κ2) is 6.43. The molecule has 0 fully saturated rings. The molecule has 2 N–H and O–H groups in total. The Labute approximate surface area is 112 Å². The fourth-order valence-electron chi connectivity index (χ4n) is 1.14. The lowest BCUT2D eigenvalue weighted by molar-refractivity contribution is -0.119. The Hall–Kier alpha value is -1.31. The van der Waals surface area contributed by atoms with Crippen LogP contribution in [0.1, 0.15) is 17.3 Å². The van der Waals surface area contributed by atoms with E-state index in [0.717, 1.165) is 3.57 Å². The first-order valence-electron chi connectivity index (χ1n) is 4.91. The van der Waals surface area contributed by atoms with Crippen LogP contribution in [0.2, 0.25) is 0 Å². The Morgan fingerprint density at radius 2 is 2.18 bits per heavy atom. The first-order chi connectivity index (χ1) is 8.00. The van der Waals surface area contributed by atoms with Crippen molar-refractivity contribution in [2.45, 2.75) is 6.92 Å². The maximum atomic E-state index is 10.8. The minimum atomic E-state index is -0.992. The van der Waals surface area contributed by atoms with Gasteiger partial charge in [0.15, 0.2) is 0 Å². The van der Waals surface area contributed by atoms with Gasteiger partial charge in [0.05, 0.1) is 15.7 Å². The van der Waals surface area contributed by atoms with Crippen molar-refractivity contribution in [3.05, 3.63) is 27.3 Å². The number of hydrogen-bond acceptors (Lipinski definition) is 3. The van der Waals surface area contributed by atoms with E-state index in [1.54, 1.807) is 6.07 Å². The summed E-state index contributed by atoms with van der Waals surface area (Å²) in [4.78, 5) is 21.4. The first-order valence-corrected chi connectivity index (χ1v) is 5.98. The van der Waals surface area contributed by atoms with Gasteiger partial charge in [0.1, 0.15) is 12.4 Å². The summed E-state index contributed by atoms with van der Waals surface area (Å²) in [6, 6.07) is 4.67. The lowest BCUT2D eigenvalue weighted by Crippen LogP contribution is -2.25. The summed E-state index contributed by atoms with van der Waals surface area (Å²) in [5, 5.41) is 11.4. The molecular formula is C11H12INO4. The molecule has 5 nitrogen and oxygen atoms in total. The van der Waals surface area contributed by atoms with Gasteiger partial charge in [0, 0.05) is 6.92 Å². The van der Waals surface area contributed by atoms with Crippen molar-refractivity contribution in [3.63, 3.8) is 0 Å². The summed E-state index contributed by atoms with van der Waals surface area (Å²) in [5.74, 6) is -0.605. The number of ether oxygens (including phenoxy) is 1. The molecule has 0 aromatic heterocycles. The van der Waals surface area contributed by atoms with Gasteiger partial charge >= 0.3 is 5.97 Å². The van der Waals surface area contributed by atoms with Gasteiger partial charge in [-0.25, -0.2) is 4.79 Å².